The molecule has 0 amide bonds. The van der Waals surface area contributed by atoms with Crippen LogP contribution in [0.5, 0.6) is 0 Å². The monoisotopic (exact) mass is 206 g/mol. The number of rotatable bonds is 3. The molecular weight excluding hydrogens is 188 g/mol. The molecule has 2 nitrogen and oxygen atoms in total. The molecule has 1 heterocycles. The highest BCUT2D eigenvalue weighted by molar-refractivity contribution is 5.40. The molecule has 0 N–H and O–H groups in total. The second kappa shape index (κ2) is 3.95. The Hall–Kier alpha value is -0.860. The molecule has 0 bridgehead atoms. The molecule has 2 rings (SSSR count). The van der Waals surface area contributed by atoms with E-state index in [1.807, 2.05) is 0 Å². The van der Waals surface area contributed by atoms with Crippen molar-refractivity contribution >= 4 is 0 Å². The molecule has 15 heavy (non-hydrogen) atoms. The van der Waals surface area contributed by atoms with Crippen molar-refractivity contribution in [1.29, 1.82) is 0 Å². The van der Waals surface area contributed by atoms with Gasteiger partial charge in [-0.15, -0.1) is 0 Å². The summed E-state index contributed by atoms with van der Waals surface area (Å²) in [6.07, 6.45) is -0.124. The van der Waals surface area contributed by atoms with Crippen molar-refractivity contribution in [3.05, 3.63) is 34.9 Å². The highest BCUT2D eigenvalue weighted by Gasteiger charge is 2.33. The van der Waals surface area contributed by atoms with E-state index in [1.165, 1.54) is 16.7 Å². The van der Waals surface area contributed by atoms with Crippen LogP contribution in [-0.4, -0.2) is 0 Å². The predicted molar refractivity (Wildman–Crippen MR) is 59.5 cm³/mol. The van der Waals surface area contributed by atoms with Gasteiger partial charge in [-0.05, 0) is 23.0 Å². The van der Waals surface area contributed by atoms with E-state index >= 15 is 0 Å². The second-order valence-corrected chi connectivity index (χ2v) is 4.68. The zero-order valence-electron chi connectivity index (χ0n) is 9.78. The van der Waals surface area contributed by atoms with Crippen LogP contribution in [0.15, 0.2) is 18.2 Å². The third kappa shape index (κ3) is 2.06. The standard InChI is InChI=1S/C13H18O2/c1-8(2)10-6-5-7-11(9(3)4)12(10)13-14-15-13/h5-9,13H,1-4H3. The van der Waals surface area contributed by atoms with Crippen molar-refractivity contribution in [2.75, 3.05) is 0 Å². The lowest BCUT2D eigenvalue weighted by molar-refractivity contribution is 0.0850. The van der Waals surface area contributed by atoms with E-state index in [2.05, 4.69) is 45.9 Å². The van der Waals surface area contributed by atoms with Crippen LogP contribution in [0.2, 0.25) is 0 Å². The number of hydrogen-bond donors (Lipinski definition) is 0. The molecule has 1 saturated heterocycles. The normalized spacial score (nSPS) is 16.4. The Labute approximate surface area is 91.1 Å². The Morgan fingerprint density at radius 3 is 1.73 bits per heavy atom. The van der Waals surface area contributed by atoms with Gasteiger partial charge in [-0.25, -0.2) is 0 Å². The molecule has 0 aromatic heterocycles. The summed E-state index contributed by atoms with van der Waals surface area (Å²) in [5.41, 5.74) is 3.91. The van der Waals surface area contributed by atoms with Crippen LogP contribution < -0.4 is 0 Å². The summed E-state index contributed by atoms with van der Waals surface area (Å²) in [5, 5.41) is 0. The topological polar surface area (TPSA) is 25.1 Å². The first-order chi connectivity index (χ1) is 7.11. The summed E-state index contributed by atoms with van der Waals surface area (Å²) in [7, 11) is 0. The molecule has 1 aliphatic rings. The molecule has 2 heteroatoms. The fourth-order valence-corrected chi connectivity index (χ4v) is 2.00. The summed E-state index contributed by atoms with van der Waals surface area (Å²) in [4.78, 5) is 9.95. The maximum Gasteiger partial charge on any atom is 0.250 e. The Morgan fingerprint density at radius 2 is 1.40 bits per heavy atom. The average Bonchev–Trinajstić information content (AvgIpc) is 2.99. The van der Waals surface area contributed by atoms with Gasteiger partial charge in [-0.2, -0.15) is 9.78 Å². The molecule has 0 aliphatic carbocycles. The van der Waals surface area contributed by atoms with E-state index in [1.54, 1.807) is 0 Å². The van der Waals surface area contributed by atoms with E-state index in [0.29, 0.717) is 11.8 Å². The number of hydrogen-bond acceptors (Lipinski definition) is 2. The summed E-state index contributed by atoms with van der Waals surface area (Å²) >= 11 is 0. The molecule has 1 aliphatic heterocycles. The first-order valence-electron chi connectivity index (χ1n) is 5.56. The van der Waals surface area contributed by atoms with Gasteiger partial charge < -0.3 is 0 Å². The van der Waals surface area contributed by atoms with Crippen molar-refractivity contribution in [1.82, 2.24) is 0 Å². The van der Waals surface area contributed by atoms with Gasteiger partial charge >= 0.3 is 0 Å². The first kappa shape index (κ1) is 10.7. The molecule has 0 spiro atoms. The van der Waals surface area contributed by atoms with E-state index in [4.69, 9.17) is 9.78 Å². The summed E-state index contributed by atoms with van der Waals surface area (Å²) < 4.78 is 0. The third-order valence-corrected chi connectivity index (χ3v) is 2.85. The van der Waals surface area contributed by atoms with Gasteiger partial charge in [0.2, 0.25) is 6.29 Å². The Kier molecular flexibility index (Phi) is 2.81. The maximum absolute atomic E-state index is 4.98. The fourth-order valence-electron chi connectivity index (χ4n) is 2.00. The summed E-state index contributed by atoms with van der Waals surface area (Å²) in [5.74, 6) is 1.01. The molecule has 1 aromatic rings. The minimum atomic E-state index is -0.124. The van der Waals surface area contributed by atoms with Crippen LogP contribution in [-0.2, 0) is 9.78 Å². The molecule has 1 fully saturated rings. The lowest BCUT2D eigenvalue weighted by Gasteiger charge is -2.16. The van der Waals surface area contributed by atoms with Crippen molar-refractivity contribution in [3.63, 3.8) is 0 Å². The first-order valence-corrected chi connectivity index (χ1v) is 5.56. The van der Waals surface area contributed by atoms with Crippen molar-refractivity contribution < 1.29 is 9.78 Å². The van der Waals surface area contributed by atoms with E-state index < -0.39 is 0 Å². The minimum absolute atomic E-state index is 0.124. The number of benzene rings is 1. The van der Waals surface area contributed by atoms with Crippen LogP contribution in [0.4, 0.5) is 0 Å². The maximum atomic E-state index is 4.98. The largest absolute Gasteiger partial charge is 0.250 e. The summed E-state index contributed by atoms with van der Waals surface area (Å²) in [6.45, 7) is 8.80. The van der Waals surface area contributed by atoms with Crippen molar-refractivity contribution in [2.45, 2.75) is 45.8 Å². The molecular formula is C13H18O2. The van der Waals surface area contributed by atoms with Gasteiger partial charge in [0, 0.05) is 5.56 Å². The van der Waals surface area contributed by atoms with Crippen LogP contribution in [0, 0.1) is 0 Å². The van der Waals surface area contributed by atoms with E-state index in [-0.39, 0.29) is 6.29 Å². The van der Waals surface area contributed by atoms with Crippen LogP contribution in [0.25, 0.3) is 0 Å². The Morgan fingerprint density at radius 1 is 0.933 bits per heavy atom. The van der Waals surface area contributed by atoms with E-state index in [9.17, 15) is 0 Å². The second-order valence-electron chi connectivity index (χ2n) is 4.68. The molecule has 1 aromatic carbocycles. The Bertz CT molecular complexity index is 325. The summed E-state index contributed by atoms with van der Waals surface area (Å²) in [6, 6.07) is 6.45. The molecule has 0 unspecified atom stereocenters. The van der Waals surface area contributed by atoms with E-state index in [0.717, 1.165) is 0 Å². The van der Waals surface area contributed by atoms with Crippen molar-refractivity contribution in [2.24, 2.45) is 0 Å². The van der Waals surface area contributed by atoms with Crippen LogP contribution in [0.1, 0.15) is 62.5 Å². The zero-order valence-corrected chi connectivity index (χ0v) is 9.78. The van der Waals surface area contributed by atoms with Gasteiger partial charge in [0.25, 0.3) is 0 Å². The molecule has 82 valence electrons. The van der Waals surface area contributed by atoms with Gasteiger partial charge in [0.05, 0.1) is 0 Å². The lowest BCUT2D eigenvalue weighted by atomic mass is 9.89. The Balaban J connectivity index is 2.50. The fraction of sp³-hybridized carbons (Fsp3) is 0.538. The third-order valence-electron chi connectivity index (χ3n) is 2.85. The van der Waals surface area contributed by atoms with Gasteiger partial charge in [-0.1, -0.05) is 45.9 Å². The zero-order chi connectivity index (χ0) is 11.0. The highest BCUT2D eigenvalue weighted by Crippen LogP contribution is 2.41. The van der Waals surface area contributed by atoms with Crippen LogP contribution in [0.3, 0.4) is 0 Å². The molecule has 0 radical (unpaired) electrons. The average molecular weight is 206 g/mol. The predicted octanol–water partition coefficient (Wildman–Crippen LogP) is 3.89. The van der Waals surface area contributed by atoms with Gasteiger partial charge in [-0.3, -0.25) is 0 Å². The molecule has 0 saturated carbocycles. The highest BCUT2D eigenvalue weighted by atomic mass is 17.4. The minimum Gasteiger partial charge on any atom is -0.193 e. The van der Waals surface area contributed by atoms with Crippen molar-refractivity contribution in [3.8, 4) is 0 Å². The van der Waals surface area contributed by atoms with Gasteiger partial charge in [0.1, 0.15) is 0 Å². The smallest absolute Gasteiger partial charge is 0.193 e. The quantitative estimate of drug-likeness (QED) is 0.553. The van der Waals surface area contributed by atoms with Gasteiger partial charge in [0.15, 0.2) is 0 Å². The SMILES string of the molecule is CC(C)c1cccc(C(C)C)c1C1OO1. The molecule has 0 atom stereocenters. The lowest BCUT2D eigenvalue weighted by Crippen LogP contribution is -2.02. The van der Waals surface area contributed by atoms with Crippen LogP contribution >= 0.6 is 0 Å².